The van der Waals surface area contributed by atoms with Gasteiger partial charge in [-0.25, -0.2) is 4.99 Å². The molecule has 8 nitrogen and oxygen atoms in total. The van der Waals surface area contributed by atoms with Gasteiger partial charge in [0.15, 0.2) is 17.5 Å². The lowest BCUT2D eigenvalue weighted by Gasteiger charge is -2.26. The molecule has 2 aliphatic rings. The van der Waals surface area contributed by atoms with Crippen LogP contribution in [0.15, 0.2) is 17.1 Å². The molecule has 0 saturated carbocycles. The van der Waals surface area contributed by atoms with Crippen molar-refractivity contribution in [3.8, 4) is 17.2 Å². The van der Waals surface area contributed by atoms with Gasteiger partial charge < -0.3 is 29.6 Å². The van der Waals surface area contributed by atoms with Crippen molar-refractivity contribution >= 4 is 29.9 Å². The first-order valence-corrected chi connectivity index (χ1v) is 10.4. The van der Waals surface area contributed by atoms with Crippen molar-refractivity contribution in [2.24, 2.45) is 4.99 Å². The summed E-state index contributed by atoms with van der Waals surface area (Å²) >= 11 is 0. The molecule has 0 amide bonds. The zero-order valence-electron chi connectivity index (χ0n) is 17.7. The standard InChI is InChI=1S/C20H30F2N4O4.HI/c1-2-23-20(24-5-3-4-6-26-7-9-27-10-8-26)25-13-15-11-17-18(29-14-28-17)12-16(15)30-19(21)22;/h11-12,19H,2-10,13-14H2,1H3,(H2,23,24,25);1H. The van der Waals surface area contributed by atoms with E-state index in [4.69, 9.17) is 14.2 Å². The quantitative estimate of drug-likeness (QED) is 0.199. The molecule has 2 aliphatic heterocycles. The van der Waals surface area contributed by atoms with Crippen molar-refractivity contribution in [1.82, 2.24) is 15.5 Å². The lowest BCUT2D eigenvalue weighted by Crippen LogP contribution is -2.39. The van der Waals surface area contributed by atoms with Gasteiger partial charge in [-0.1, -0.05) is 0 Å². The van der Waals surface area contributed by atoms with Crippen molar-refractivity contribution in [1.29, 1.82) is 0 Å². The third kappa shape index (κ3) is 8.45. The number of unbranched alkanes of at least 4 members (excludes halogenated alkanes) is 1. The number of hydrogen-bond donors (Lipinski definition) is 2. The van der Waals surface area contributed by atoms with Crippen LogP contribution < -0.4 is 24.8 Å². The van der Waals surface area contributed by atoms with Crippen LogP contribution in [0.3, 0.4) is 0 Å². The fourth-order valence-corrected chi connectivity index (χ4v) is 3.29. The van der Waals surface area contributed by atoms with Gasteiger partial charge in [-0.3, -0.25) is 4.90 Å². The third-order valence-electron chi connectivity index (χ3n) is 4.82. The Morgan fingerprint density at radius 1 is 1.16 bits per heavy atom. The van der Waals surface area contributed by atoms with E-state index < -0.39 is 6.61 Å². The number of halogens is 3. The molecule has 176 valence electrons. The van der Waals surface area contributed by atoms with E-state index in [2.05, 4.69) is 25.3 Å². The van der Waals surface area contributed by atoms with Crippen LogP contribution in [0.5, 0.6) is 17.2 Å². The molecule has 11 heteroatoms. The summed E-state index contributed by atoms with van der Waals surface area (Å²) in [6.45, 7) is 5.42. The molecule has 0 aliphatic carbocycles. The second-order valence-corrected chi connectivity index (χ2v) is 6.97. The van der Waals surface area contributed by atoms with Gasteiger partial charge in [0.1, 0.15) is 5.75 Å². The van der Waals surface area contributed by atoms with E-state index in [1.54, 1.807) is 6.07 Å². The fraction of sp³-hybridized carbons (Fsp3) is 0.650. The van der Waals surface area contributed by atoms with Gasteiger partial charge in [-0.05, 0) is 32.4 Å². The Morgan fingerprint density at radius 2 is 1.90 bits per heavy atom. The summed E-state index contributed by atoms with van der Waals surface area (Å²) in [4.78, 5) is 6.92. The maximum Gasteiger partial charge on any atom is 0.387 e. The minimum Gasteiger partial charge on any atom is -0.454 e. The highest BCUT2D eigenvalue weighted by Gasteiger charge is 2.20. The highest BCUT2D eigenvalue weighted by atomic mass is 127. The minimum atomic E-state index is -2.93. The second-order valence-electron chi connectivity index (χ2n) is 6.97. The minimum absolute atomic E-state index is 0. The van der Waals surface area contributed by atoms with Crippen molar-refractivity contribution in [2.75, 3.05) is 52.7 Å². The highest BCUT2D eigenvalue weighted by molar-refractivity contribution is 14.0. The Kier molecular flexibility index (Phi) is 11.4. The lowest BCUT2D eigenvalue weighted by atomic mass is 10.1. The zero-order valence-corrected chi connectivity index (χ0v) is 20.0. The topological polar surface area (TPSA) is 76.6 Å². The van der Waals surface area contributed by atoms with Crippen molar-refractivity contribution in [2.45, 2.75) is 32.9 Å². The molecular formula is C20H31F2IN4O4. The molecule has 1 saturated heterocycles. The van der Waals surface area contributed by atoms with E-state index in [-0.39, 0.29) is 43.1 Å². The first-order valence-electron chi connectivity index (χ1n) is 10.4. The van der Waals surface area contributed by atoms with Crippen molar-refractivity contribution in [3.05, 3.63) is 17.7 Å². The van der Waals surface area contributed by atoms with Crippen LogP contribution >= 0.6 is 24.0 Å². The summed E-state index contributed by atoms with van der Waals surface area (Å²) in [6, 6.07) is 3.06. The number of aliphatic imine (C=N–C) groups is 1. The molecule has 1 aromatic rings. The highest BCUT2D eigenvalue weighted by Crippen LogP contribution is 2.39. The molecule has 0 unspecified atom stereocenters. The summed E-state index contributed by atoms with van der Waals surface area (Å²) in [5, 5.41) is 6.46. The van der Waals surface area contributed by atoms with Gasteiger partial charge in [-0.15, -0.1) is 24.0 Å². The van der Waals surface area contributed by atoms with Gasteiger partial charge in [0, 0.05) is 37.8 Å². The maximum atomic E-state index is 12.8. The van der Waals surface area contributed by atoms with E-state index in [1.165, 1.54) is 6.07 Å². The predicted octanol–water partition coefficient (Wildman–Crippen LogP) is 2.80. The van der Waals surface area contributed by atoms with Crippen LogP contribution in [0.25, 0.3) is 0 Å². The van der Waals surface area contributed by atoms with Crippen LogP contribution in [-0.2, 0) is 11.3 Å². The number of benzene rings is 1. The van der Waals surface area contributed by atoms with Crippen LogP contribution in [0.1, 0.15) is 25.3 Å². The van der Waals surface area contributed by atoms with E-state index >= 15 is 0 Å². The molecule has 2 heterocycles. The monoisotopic (exact) mass is 556 g/mol. The molecule has 0 aromatic heterocycles. The van der Waals surface area contributed by atoms with Gasteiger partial charge in [0.25, 0.3) is 0 Å². The lowest BCUT2D eigenvalue weighted by molar-refractivity contribution is -0.0505. The molecular weight excluding hydrogens is 525 g/mol. The molecule has 31 heavy (non-hydrogen) atoms. The van der Waals surface area contributed by atoms with Gasteiger partial charge >= 0.3 is 6.61 Å². The van der Waals surface area contributed by atoms with Gasteiger partial charge in [0.05, 0.1) is 19.8 Å². The van der Waals surface area contributed by atoms with Crippen LogP contribution in [0, 0.1) is 0 Å². The number of nitrogens with zero attached hydrogens (tertiary/aromatic N) is 2. The largest absolute Gasteiger partial charge is 0.454 e. The summed E-state index contributed by atoms with van der Waals surface area (Å²) in [5.41, 5.74) is 0.504. The molecule has 3 rings (SSSR count). The zero-order chi connectivity index (χ0) is 21.2. The second kappa shape index (κ2) is 13.7. The van der Waals surface area contributed by atoms with Crippen molar-refractivity contribution < 1.29 is 27.7 Å². The summed E-state index contributed by atoms with van der Waals surface area (Å²) < 4.78 is 46.1. The fourth-order valence-electron chi connectivity index (χ4n) is 3.29. The van der Waals surface area contributed by atoms with E-state index in [0.29, 0.717) is 29.6 Å². The van der Waals surface area contributed by atoms with Gasteiger partial charge in [0.2, 0.25) is 6.79 Å². The molecule has 0 spiro atoms. The molecule has 0 atom stereocenters. The van der Waals surface area contributed by atoms with E-state index in [0.717, 1.165) is 52.2 Å². The summed E-state index contributed by atoms with van der Waals surface area (Å²) in [6.07, 6.45) is 2.09. The summed E-state index contributed by atoms with van der Waals surface area (Å²) in [5.74, 6) is 1.57. The Hall–Kier alpha value is -1.60. The van der Waals surface area contributed by atoms with E-state index in [9.17, 15) is 8.78 Å². The van der Waals surface area contributed by atoms with Crippen LogP contribution in [-0.4, -0.2) is 70.2 Å². The SMILES string of the molecule is CCNC(=NCc1cc2c(cc1OC(F)F)OCO2)NCCCCN1CCOCC1.I. The Balaban J connectivity index is 0.00000341. The first-order chi connectivity index (χ1) is 14.7. The van der Waals surface area contributed by atoms with Crippen LogP contribution in [0.4, 0.5) is 8.78 Å². The number of ether oxygens (including phenoxy) is 4. The average Bonchev–Trinajstić information content (AvgIpc) is 3.19. The molecule has 2 N–H and O–H groups in total. The Bertz CT molecular complexity index is 706. The molecule has 1 fully saturated rings. The number of rotatable bonds is 10. The number of hydrogen-bond acceptors (Lipinski definition) is 6. The van der Waals surface area contributed by atoms with E-state index in [1.807, 2.05) is 6.92 Å². The third-order valence-corrected chi connectivity index (χ3v) is 4.82. The molecule has 0 radical (unpaired) electrons. The smallest absolute Gasteiger partial charge is 0.387 e. The number of alkyl halides is 2. The Labute approximate surface area is 198 Å². The molecule has 0 bridgehead atoms. The average molecular weight is 556 g/mol. The number of morpholine rings is 1. The normalized spacial score (nSPS) is 16.2. The maximum absolute atomic E-state index is 12.8. The van der Waals surface area contributed by atoms with Crippen LogP contribution in [0.2, 0.25) is 0 Å². The number of nitrogens with one attached hydrogen (secondary N) is 2. The van der Waals surface area contributed by atoms with Crippen molar-refractivity contribution in [3.63, 3.8) is 0 Å². The van der Waals surface area contributed by atoms with Gasteiger partial charge in [-0.2, -0.15) is 8.78 Å². The first kappa shape index (κ1) is 25.7. The summed E-state index contributed by atoms with van der Waals surface area (Å²) in [7, 11) is 0. The number of fused-ring (bicyclic) bond motifs is 1. The predicted molar refractivity (Wildman–Crippen MR) is 124 cm³/mol. The number of guanidine groups is 1. The Morgan fingerprint density at radius 3 is 2.61 bits per heavy atom. The molecule has 1 aromatic carbocycles.